The molecule has 0 saturated carbocycles. The quantitative estimate of drug-likeness (QED) is 0.723. The Morgan fingerprint density at radius 2 is 2.50 bits per heavy atom. The van der Waals surface area contributed by atoms with E-state index >= 15 is 0 Å². The van der Waals surface area contributed by atoms with Gasteiger partial charge in [0.15, 0.2) is 0 Å². The van der Waals surface area contributed by atoms with Crippen LogP contribution in [0.3, 0.4) is 0 Å². The summed E-state index contributed by atoms with van der Waals surface area (Å²) < 4.78 is 0.990. The van der Waals surface area contributed by atoms with E-state index in [1.165, 1.54) is 0 Å². The molecule has 0 aromatic carbocycles. The number of piperidine rings is 1. The van der Waals surface area contributed by atoms with Crippen molar-refractivity contribution in [2.45, 2.75) is 13.3 Å². The highest BCUT2D eigenvalue weighted by atomic mass is 79.9. The van der Waals surface area contributed by atoms with E-state index in [2.05, 4.69) is 27.4 Å². The first kappa shape index (κ1) is 9.93. The maximum absolute atomic E-state index is 11.2. The number of carbonyl (C=O) groups is 1. The Labute approximate surface area is 81.8 Å². The van der Waals surface area contributed by atoms with E-state index in [4.69, 9.17) is 0 Å². The van der Waals surface area contributed by atoms with Crippen molar-refractivity contribution in [1.29, 1.82) is 0 Å². The topological polar surface area (TPSA) is 20.3 Å². The number of hydrogen-bond donors (Lipinski definition) is 0. The molecule has 68 valence electrons. The van der Waals surface area contributed by atoms with Gasteiger partial charge < -0.3 is 0 Å². The lowest BCUT2D eigenvalue weighted by atomic mass is 9.99. The molecule has 1 saturated heterocycles. The van der Waals surface area contributed by atoms with E-state index in [1.54, 1.807) is 0 Å². The lowest BCUT2D eigenvalue weighted by Crippen LogP contribution is -2.39. The average Bonchev–Trinajstić information content (AvgIpc) is 1.96. The third-order valence-electron chi connectivity index (χ3n) is 2.15. The Morgan fingerprint density at radius 1 is 1.83 bits per heavy atom. The molecule has 0 aliphatic carbocycles. The van der Waals surface area contributed by atoms with Crippen LogP contribution in [0.2, 0.25) is 0 Å². The molecule has 1 aliphatic heterocycles. The summed E-state index contributed by atoms with van der Waals surface area (Å²) in [6.07, 6.45) is 0.696. The first-order valence-electron chi connectivity index (χ1n) is 4.18. The van der Waals surface area contributed by atoms with Gasteiger partial charge in [0.05, 0.1) is 0 Å². The molecule has 0 bridgehead atoms. The van der Waals surface area contributed by atoms with Crippen molar-refractivity contribution in [3.63, 3.8) is 0 Å². The van der Waals surface area contributed by atoms with Crippen molar-refractivity contribution in [3.05, 3.63) is 11.1 Å². The smallest absolute Gasteiger partial charge is 0.138 e. The summed E-state index contributed by atoms with van der Waals surface area (Å²) in [5, 5.41) is 0. The van der Waals surface area contributed by atoms with Crippen LogP contribution in [0, 0.1) is 5.92 Å². The molecule has 2 nitrogen and oxygen atoms in total. The monoisotopic (exact) mass is 231 g/mol. The van der Waals surface area contributed by atoms with Crippen LogP contribution in [0.5, 0.6) is 0 Å². The second-order valence-electron chi connectivity index (χ2n) is 3.37. The fourth-order valence-corrected chi connectivity index (χ4v) is 1.84. The fraction of sp³-hybridized carbons (Fsp3) is 0.667. The summed E-state index contributed by atoms with van der Waals surface area (Å²) in [5.74, 6) is 0.594. The summed E-state index contributed by atoms with van der Waals surface area (Å²) in [5.41, 5.74) is 0. The van der Waals surface area contributed by atoms with Gasteiger partial charge in [-0.05, 0) is 0 Å². The Balaban J connectivity index is 2.40. The average molecular weight is 232 g/mol. The first-order chi connectivity index (χ1) is 5.59. The number of nitrogens with zero attached hydrogens (tertiary/aromatic N) is 1. The SMILES string of the molecule is C=C(Br)CN1CCC(=O)C(C)C1. The van der Waals surface area contributed by atoms with Crippen LogP contribution in [-0.4, -0.2) is 30.3 Å². The van der Waals surface area contributed by atoms with Crippen molar-refractivity contribution in [2.24, 2.45) is 5.92 Å². The molecule has 0 N–H and O–H groups in total. The van der Waals surface area contributed by atoms with Gasteiger partial charge in [0.25, 0.3) is 0 Å². The number of likely N-dealkylation sites (tertiary alicyclic amines) is 1. The van der Waals surface area contributed by atoms with Gasteiger partial charge in [-0.25, -0.2) is 0 Å². The highest BCUT2D eigenvalue weighted by molar-refractivity contribution is 9.11. The fourth-order valence-electron chi connectivity index (χ4n) is 1.48. The Kier molecular flexibility index (Phi) is 3.47. The van der Waals surface area contributed by atoms with Crippen LogP contribution < -0.4 is 0 Å². The zero-order chi connectivity index (χ0) is 9.14. The number of ketones is 1. The second-order valence-corrected chi connectivity index (χ2v) is 4.49. The summed E-state index contributed by atoms with van der Waals surface area (Å²) in [7, 11) is 0. The molecular weight excluding hydrogens is 218 g/mol. The van der Waals surface area contributed by atoms with E-state index in [0.29, 0.717) is 12.2 Å². The Bertz CT molecular complexity index is 203. The van der Waals surface area contributed by atoms with Gasteiger partial charge >= 0.3 is 0 Å². The maximum Gasteiger partial charge on any atom is 0.138 e. The molecule has 0 amide bonds. The third kappa shape index (κ3) is 2.72. The van der Waals surface area contributed by atoms with Gasteiger partial charge in [0, 0.05) is 36.5 Å². The van der Waals surface area contributed by atoms with Crippen molar-refractivity contribution in [3.8, 4) is 0 Å². The predicted molar refractivity (Wildman–Crippen MR) is 53.3 cm³/mol. The minimum absolute atomic E-state index is 0.200. The van der Waals surface area contributed by atoms with Crippen molar-refractivity contribution in [1.82, 2.24) is 4.90 Å². The Morgan fingerprint density at radius 3 is 3.00 bits per heavy atom. The van der Waals surface area contributed by atoms with Gasteiger partial charge in [0.1, 0.15) is 5.78 Å². The first-order valence-corrected chi connectivity index (χ1v) is 4.97. The van der Waals surface area contributed by atoms with Gasteiger partial charge in [-0.1, -0.05) is 29.4 Å². The number of hydrogen-bond acceptors (Lipinski definition) is 2. The molecular formula is C9H14BrNO. The summed E-state index contributed by atoms with van der Waals surface area (Å²) in [4.78, 5) is 13.4. The van der Waals surface area contributed by atoms with Gasteiger partial charge in [0.2, 0.25) is 0 Å². The zero-order valence-electron chi connectivity index (χ0n) is 7.35. The molecule has 12 heavy (non-hydrogen) atoms. The molecule has 3 heteroatoms. The molecule has 0 aromatic heterocycles. The number of halogens is 1. The van der Waals surface area contributed by atoms with Crippen molar-refractivity contribution < 1.29 is 4.79 Å². The molecule has 1 rings (SSSR count). The summed E-state index contributed by atoms with van der Waals surface area (Å²) in [6.45, 7) is 8.39. The minimum atomic E-state index is 0.200. The largest absolute Gasteiger partial charge is 0.299 e. The lowest BCUT2D eigenvalue weighted by molar-refractivity contribution is -0.125. The molecule has 0 spiro atoms. The maximum atomic E-state index is 11.2. The van der Waals surface area contributed by atoms with Crippen LogP contribution in [0.25, 0.3) is 0 Å². The van der Waals surface area contributed by atoms with Crippen molar-refractivity contribution >= 4 is 21.7 Å². The lowest BCUT2D eigenvalue weighted by Gasteiger charge is -2.29. The van der Waals surface area contributed by atoms with Gasteiger partial charge in [-0.15, -0.1) is 0 Å². The molecule has 0 radical (unpaired) electrons. The van der Waals surface area contributed by atoms with Gasteiger partial charge in [-0.3, -0.25) is 9.69 Å². The zero-order valence-corrected chi connectivity index (χ0v) is 8.93. The Hall–Kier alpha value is -0.150. The molecule has 1 heterocycles. The van der Waals surface area contributed by atoms with Crippen molar-refractivity contribution in [2.75, 3.05) is 19.6 Å². The van der Waals surface area contributed by atoms with E-state index in [9.17, 15) is 4.79 Å². The summed E-state index contributed by atoms with van der Waals surface area (Å²) >= 11 is 3.32. The van der Waals surface area contributed by atoms with E-state index in [-0.39, 0.29) is 5.92 Å². The molecule has 0 aromatic rings. The van der Waals surface area contributed by atoms with E-state index in [0.717, 1.165) is 24.1 Å². The van der Waals surface area contributed by atoms with Crippen LogP contribution >= 0.6 is 15.9 Å². The predicted octanol–water partition coefficient (Wildman–Crippen LogP) is 1.81. The van der Waals surface area contributed by atoms with E-state index in [1.807, 2.05) is 6.92 Å². The summed E-state index contributed by atoms with van der Waals surface area (Å²) in [6, 6.07) is 0. The number of rotatable bonds is 2. The number of Topliss-reactive ketones (excluding diaryl/α,β-unsaturated/α-hetero) is 1. The van der Waals surface area contributed by atoms with Crippen LogP contribution in [0.15, 0.2) is 11.1 Å². The highest BCUT2D eigenvalue weighted by Crippen LogP contribution is 2.14. The van der Waals surface area contributed by atoms with Gasteiger partial charge in [-0.2, -0.15) is 0 Å². The van der Waals surface area contributed by atoms with Crippen LogP contribution in [0.1, 0.15) is 13.3 Å². The van der Waals surface area contributed by atoms with Crippen LogP contribution in [-0.2, 0) is 4.79 Å². The minimum Gasteiger partial charge on any atom is -0.299 e. The standard InChI is InChI=1S/C9H14BrNO/c1-7-5-11(6-8(2)10)4-3-9(7)12/h7H,2-6H2,1H3. The van der Waals surface area contributed by atoms with E-state index < -0.39 is 0 Å². The van der Waals surface area contributed by atoms with Crippen LogP contribution in [0.4, 0.5) is 0 Å². The molecule has 1 aliphatic rings. The normalized spacial score (nSPS) is 25.8. The molecule has 1 fully saturated rings. The third-order valence-corrected chi connectivity index (χ3v) is 2.40. The number of carbonyl (C=O) groups excluding carboxylic acids is 1. The second kappa shape index (κ2) is 4.19. The highest BCUT2D eigenvalue weighted by Gasteiger charge is 2.22. The molecule has 1 unspecified atom stereocenters. The molecule has 1 atom stereocenters.